The lowest BCUT2D eigenvalue weighted by atomic mass is 10.3. The van der Waals surface area contributed by atoms with Crippen molar-refractivity contribution >= 4 is 11.3 Å². The summed E-state index contributed by atoms with van der Waals surface area (Å²) < 4.78 is 5.54. The molecule has 0 aliphatic heterocycles. The maximum atomic E-state index is 5.54. The molecule has 0 atom stereocenters. The minimum Gasteiger partial charge on any atom is -0.374 e. The van der Waals surface area contributed by atoms with Crippen LogP contribution >= 0.6 is 11.3 Å². The predicted octanol–water partition coefficient (Wildman–Crippen LogP) is 2.61. The Hall–Kier alpha value is -0.450. The Balaban J connectivity index is 2.12. The van der Waals surface area contributed by atoms with Gasteiger partial charge in [0.2, 0.25) is 0 Å². The molecule has 0 aliphatic carbocycles. The molecule has 4 heteroatoms. The summed E-state index contributed by atoms with van der Waals surface area (Å²) in [5.74, 6) is 0. The lowest BCUT2D eigenvalue weighted by Gasteiger charge is -2.07. The van der Waals surface area contributed by atoms with Crippen LogP contribution in [0.15, 0.2) is 5.38 Å². The largest absolute Gasteiger partial charge is 0.374 e. The molecule has 3 nitrogen and oxygen atoms in total. The van der Waals surface area contributed by atoms with Gasteiger partial charge in [-0.3, -0.25) is 0 Å². The van der Waals surface area contributed by atoms with E-state index < -0.39 is 0 Å². The van der Waals surface area contributed by atoms with Gasteiger partial charge in [-0.2, -0.15) is 0 Å². The summed E-state index contributed by atoms with van der Waals surface area (Å²) in [6.07, 6.45) is 2.24. The third-order valence-electron chi connectivity index (χ3n) is 2.11. The smallest absolute Gasteiger partial charge is 0.0929 e. The van der Waals surface area contributed by atoms with Crippen molar-refractivity contribution in [2.75, 3.05) is 13.2 Å². The summed E-state index contributed by atoms with van der Waals surface area (Å²) in [7, 11) is 0. The van der Waals surface area contributed by atoms with Crippen molar-refractivity contribution in [2.45, 2.75) is 46.3 Å². The van der Waals surface area contributed by atoms with Gasteiger partial charge in [-0.15, -0.1) is 11.3 Å². The SMILES string of the molecule is CCCc1nc(COCCNC(C)C)cs1. The number of aromatic nitrogens is 1. The van der Waals surface area contributed by atoms with Gasteiger partial charge in [-0.05, 0) is 12.8 Å². The summed E-state index contributed by atoms with van der Waals surface area (Å²) in [5.41, 5.74) is 1.07. The Kier molecular flexibility index (Phi) is 6.61. The maximum absolute atomic E-state index is 5.54. The Morgan fingerprint density at radius 2 is 2.31 bits per heavy atom. The van der Waals surface area contributed by atoms with Gasteiger partial charge >= 0.3 is 0 Å². The Morgan fingerprint density at radius 1 is 1.50 bits per heavy atom. The molecule has 0 saturated carbocycles. The van der Waals surface area contributed by atoms with Crippen molar-refractivity contribution in [1.29, 1.82) is 0 Å². The molecular weight excluding hydrogens is 220 g/mol. The third-order valence-corrected chi connectivity index (χ3v) is 3.07. The number of thiazole rings is 1. The summed E-state index contributed by atoms with van der Waals surface area (Å²) in [6, 6.07) is 0.527. The number of aryl methyl sites for hydroxylation is 1. The molecule has 0 saturated heterocycles. The molecular formula is C12H22N2OS. The van der Waals surface area contributed by atoms with Gasteiger partial charge in [0.15, 0.2) is 0 Å². The molecule has 92 valence electrons. The molecule has 0 aliphatic rings. The first-order valence-corrected chi connectivity index (χ1v) is 6.84. The third kappa shape index (κ3) is 5.58. The van der Waals surface area contributed by atoms with Gasteiger partial charge in [0.25, 0.3) is 0 Å². The average molecular weight is 242 g/mol. The second kappa shape index (κ2) is 7.76. The van der Waals surface area contributed by atoms with E-state index in [1.807, 2.05) is 0 Å². The summed E-state index contributed by atoms with van der Waals surface area (Å²) >= 11 is 1.74. The standard InChI is InChI=1S/C12H22N2OS/c1-4-5-12-14-11(9-16-12)8-15-7-6-13-10(2)3/h9-10,13H,4-8H2,1-3H3. The van der Waals surface area contributed by atoms with E-state index in [-0.39, 0.29) is 0 Å². The molecule has 0 spiro atoms. The first kappa shape index (κ1) is 13.6. The van der Waals surface area contributed by atoms with Crippen LogP contribution in [0.25, 0.3) is 0 Å². The van der Waals surface area contributed by atoms with Gasteiger partial charge in [0.1, 0.15) is 0 Å². The van der Waals surface area contributed by atoms with Crippen molar-refractivity contribution in [3.63, 3.8) is 0 Å². The van der Waals surface area contributed by atoms with Crippen molar-refractivity contribution in [3.8, 4) is 0 Å². The molecule has 1 aromatic heterocycles. The monoisotopic (exact) mass is 242 g/mol. The number of nitrogens with zero attached hydrogens (tertiary/aromatic N) is 1. The first-order chi connectivity index (χ1) is 7.72. The quantitative estimate of drug-likeness (QED) is 0.712. The average Bonchev–Trinajstić information content (AvgIpc) is 2.65. The number of hydrogen-bond acceptors (Lipinski definition) is 4. The van der Waals surface area contributed by atoms with E-state index in [1.165, 1.54) is 5.01 Å². The van der Waals surface area contributed by atoms with Crippen LogP contribution in [0, 0.1) is 0 Å². The molecule has 1 aromatic rings. The molecule has 1 rings (SSSR count). The van der Waals surface area contributed by atoms with Gasteiger partial charge in [0.05, 0.1) is 23.9 Å². The van der Waals surface area contributed by atoms with E-state index >= 15 is 0 Å². The van der Waals surface area contributed by atoms with Crippen LogP contribution in [0.3, 0.4) is 0 Å². The van der Waals surface area contributed by atoms with Crippen molar-refractivity contribution in [3.05, 3.63) is 16.1 Å². The molecule has 0 fully saturated rings. The number of ether oxygens (including phenoxy) is 1. The Labute approximate surface area is 102 Å². The number of nitrogens with one attached hydrogen (secondary N) is 1. The van der Waals surface area contributed by atoms with Crippen molar-refractivity contribution < 1.29 is 4.74 Å². The van der Waals surface area contributed by atoms with Gasteiger partial charge in [0, 0.05) is 18.0 Å². The second-order valence-corrected chi connectivity index (χ2v) is 5.09. The minimum absolute atomic E-state index is 0.527. The normalized spacial score (nSPS) is 11.2. The Morgan fingerprint density at radius 3 is 3.00 bits per heavy atom. The van der Waals surface area contributed by atoms with Crippen molar-refractivity contribution in [2.24, 2.45) is 0 Å². The molecule has 0 amide bonds. The summed E-state index contributed by atoms with van der Waals surface area (Å²) in [5, 5.41) is 6.64. The van der Waals surface area contributed by atoms with Crippen LogP contribution in [0.4, 0.5) is 0 Å². The lowest BCUT2D eigenvalue weighted by Crippen LogP contribution is -2.26. The van der Waals surface area contributed by atoms with E-state index in [9.17, 15) is 0 Å². The van der Waals surface area contributed by atoms with Crippen LogP contribution in [0.5, 0.6) is 0 Å². The lowest BCUT2D eigenvalue weighted by molar-refractivity contribution is 0.119. The maximum Gasteiger partial charge on any atom is 0.0929 e. The van der Waals surface area contributed by atoms with Crippen LogP contribution < -0.4 is 5.32 Å². The highest BCUT2D eigenvalue weighted by molar-refractivity contribution is 7.09. The van der Waals surface area contributed by atoms with Crippen LogP contribution in [0.1, 0.15) is 37.9 Å². The van der Waals surface area contributed by atoms with Gasteiger partial charge < -0.3 is 10.1 Å². The van der Waals surface area contributed by atoms with E-state index in [0.717, 1.165) is 31.7 Å². The highest BCUT2D eigenvalue weighted by Gasteiger charge is 2.01. The second-order valence-electron chi connectivity index (χ2n) is 4.14. The number of hydrogen-bond donors (Lipinski definition) is 1. The highest BCUT2D eigenvalue weighted by atomic mass is 32.1. The minimum atomic E-state index is 0.527. The molecule has 0 bridgehead atoms. The molecule has 1 N–H and O–H groups in total. The molecule has 1 heterocycles. The fourth-order valence-corrected chi connectivity index (χ4v) is 2.23. The van der Waals surface area contributed by atoms with Crippen molar-refractivity contribution in [1.82, 2.24) is 10.3 Å². The zero-order chi connectivity index (χ0) is 11.8. The zero-order valence-electron chi connectivity index (χ0n) is 10.5. The van der Waals surface area contributed by atoms with Gasteiger partial charge in [-0.1, -0.05) is 20.8 Å². The Bertz CT molecular complexity index is 286. The fourth-order valence-electron chi connectivity index (χ4n) is 1.34. The highest BCUT2D eigenvalue weighted by Crippen LogP contribution is 2.12. The van der Waals surface area contributed by atoms with Crippen LogP contribution in [-0.2, 0) is 17.8 Å². The van der Waals surface area contributed by atoms with E-state index in [4.69, 9.17) is 4.74 Å². The molecule has 0 unspecified atom stereocenters. The number of rotatable bonds is 8. The van der Waals surface area contributed by atoms with E-state index in [1.54, 1.807) is 11.3 Å². The molecule has 0 aromatic carbocycles. The van der Waals surface area contributed by atoms with E-state index in [2.05, 4.69) is 36.5 Å². The van der Waals surface area contributed by atoms with E-state index in [0.29, 0.717) is 12.6 Å². The predicted molar refractivity (Wildman–Crippen MR) is 68.9 cm³/mol. The first-order valence-electron chi connectivity index (χ1n) is 5.96. The van der Waals surface area contributed by atoms with Crippen LogP contribution in [-0.4, -0.2) is 24.2 Å². The molecule has 0 radical (unpaired) electrons. The fraction of sp³-hybridized carbons (Fsp3) is 0.750. The summed E-state index contributed by atoms with van der Waals surface area (Å²) in [4.78, 5) is 4.51. The zero-order valence-corrected chi connectivity index (χ0v) is 11.3. The summed E-state index contributed by atoms with van der Waals surface area (Å²) in [6.45, 7) is 8.74. The molecule has 16 heavy (non-hydrogen) atoms. The van der Waals surface area contributed by atoms with Crippen LogP contribution in [0.2, 0.25) is 0 Å². The van der Waals surface area contributed by atoms with Gasteiger partial charge in [-0.25, -0.2) is 4.98 Å². The topological polar surface area (TPSA) is 34.1 Å².